The van der Waals surface area contributed by atoms with Crippen LogP contribution >= 0.6 is 0 Å². The summed E-state index contributed by atoms with van der Waals surface area (Å²) < 4.78 is 0. The minimum absolute atomic E-state index is 0.247. The summed E-state index contributed by atoms with van der Waals surface area (Å²) in [5.41, 5.74) is 3.56. The van der Waals surface area contributed by atoms with E-state index in [2.05, 4.69) is 31.2 Å². The molecule has 0 radical (unpaired) electrons. The van der Waals surface area contributed by atoms with E-state index in [1.807, 2.05) is 63.2 Å². The van der Waals surface area contributed by atoms with Gasteiger partial charge in [0.1, 0.15) is 0 Å². The molecule has 8 nitrogen and oxygen atoms in total. The van der Waals surface area contributed by atoms with Gasteiger partial charge in [-0.25, -0.2) is 9.59 Å². The van der Waals surface area contributed by atoms with E-state index in [-0.39, 0.29) is 24.1 Å². The summed E-state index contributed by atoms with van der Waals surface area (Å²) >= 11 is 0. The number of amides is 4. The number of benzene rings is 1. The molecule has 0 saturated heterocycles. The van der Waals surface area contributed by atoms with Crippen molar-refractivity contribution >= 4 is 23.4 Å². The van der Waals surface area contributed by atoms with Crippen molar-refractivity contribution in [2.75, 3.05) is 10.6 Å². The number of carbonyl (C=O) groups is 2. The molecule has 2 atom stereocenters. The monoisotopic (exact) mass is 418 g/mol. The molecule has 0 unspecified atom stereocenters. The Labute approximate surface area is 181 Å². The van der Waals surface area contributed by atoms with E-state index >= 15 is 0 Å². The summed E-state index contributed by atoms with van der Waals surface area (Å²) in [6, 6.07) is 15.2. The lowest BCUT2D eigenvalue weighted by atomic mass is 10.1. The van der Waals surface area contributed by atoms with Crippen LogP contribution in [0.15, 0.2) is 67.0 Å². The molecule has 0 aliphatic heterocycles. The molecule has 2 heterocycles. The molecular weight excluding hydrogens is 392 g/mol. The molecule has 0 saturated carbocycles. The van der Waals surface area contributed by atoms with Gasteiger partial charge in [0.15, 0.2) is 0 Å². The standard InChI is InChI=1S/C23H26N6O2/c1-15-10-11-18(28-22(30)26-16(2)19-8-4-6-12-24-19)14-21(15)29-23(31)27-17(3)20-9-5-7-13-25-20/h4-14,16-17H,1-3H3,(H2,26,28,30)(H2,27,29,31)/t16-,17-/m1/s1. The number of pyridine rings is 2. The number of aryl methyl sites for hydroxylation is 1. The first-order chi connectivity index (χ1) is 14.9. The van der Waals surface area contributed by atoms with E-state index in [1.165, 1.54) is 0 Å². The van der Waals surface area contributed by atoms with Crippen LogP contribution in [0.2, 0.25) is 0 Å². The Kier molecular flexibility index (Phi) is 7.16. The fraction of sp³-hybridized carbons (Fsp3) is 0.217. The molecule has 160 valence electrons. The lowest BCUT2D eigenvalue weighted by molar-refractivity contribution is 0.248. The van der Waals surface area contributed by atoms with E-state index in [0.29, 0.717) is 11.4 Å². The first-order valence-electron chi connectivity index (χ1n) is 10.00. The predicted molar refractivity (Wildman–Crippen MR) is 121 cm³/mol. The van der Waals surface area contributed by atoms with Gasteiger partial charge in [-0.1, -0.05) is 18.2 Å². The van der Waals surface area contributed by atoms with Gasteiger partial charge >= 0.3 is 12.1 Å². The zero-order valence-corrected chi connectivity index (χ0v) is 17.7. The van der Waals surface area contributed by atoms with Crippen LogP contribution in [-0.2, 0) is 0 Å². The Hall–Kier alpha value is -3.94. The number of aromatic nitrogens is 2. The molecule has 3 aromatic rings. The van der Waals surface area contributed by atoms with Crippen molar-refractivity contribution in [3.8, 4) is 0 Å². The van der Waals surface area contributed by atoms with Gasteiger partial charge < -0.3 is 21.3 Å². The van der Waals surface area contributed by atoms with E-state index in [1.54, 1.807) is 24.5 Å². The van der Waals surface area contributed by atoms with Crippen molar-refractivity contribution in [2.24, 2.45) is 0 Å². The topological polar surface area (TPSA) is 108 Å². The highest BCUT2D eigenvalue weighted by Crippen LogP contribution is 2.21. The molecule has 0 aliphatic carbocycles. The summed E-state index contributed by atoms with van der Waals surface area (Å²) in [6.45, 7) is 5.60. The second kappa shape index (κ2) is 10.2. The molecule has 2 aromatic heterocycles. The maximum absolute atomic E-state index is 12.4. The van der Waals surface area contributed by atoms with Crippen molar-refractivity contribution in [1.82, 2.24) is 20.6 Å². The molecule has 0 aliphatic rings. The molecule has 4 N–H and O–H groups in total. The van der Waals surface area contributed by atoms with Crippen molar-refractivity contribution in [1.29, 1.82) is 0 Å². The van der Waals surface area contributed by atoms with Gasteiger partial charge in [-0.2, -0.15) is 0 Å². The first-order valence-corrected chi connectivity index (χ1v) is 10.00. The van der Waals surface area contributed by atoms with E-state index in [9.17, 15) is 9.59 Å². The average molecular weight is 419 g/mol. The first kappa shape index (κ1) is 21.8. The fourth-order valence-electron chi connectivity index (χ4n) is 2.97. The third-order valence-electron chi connectivity index (χ3n) is 4.70. The maximum atomic E-state index is 12.4. The number of hydrogen-bond acceptors (Lipinski definition) is 4. The Bertz CT molecular complexity index is 1030. The molecular formula is C23H26N6O2. The number of rotatable bonds is 6. The maximum Gasteiger partial charge on any atom is 0.319 e. The summed E-state index contributed by atoms with van der Waals surface area (Å²) in [4.78, 5) is 33.3. The van der Waals surface area contributed by atoms with Crippen LogP contribution in [0.5, 0.6) is 0 Å². The zero-order chi connectivity index (χ0) is 22.2. The number of nitrogens with zero attached hydrogens (tertiary/aromatic N) is 2. The quantitative estimate of drug-likeness (QED) is 0.471. The number of hydrogen-bond donors (Lipinski definition) is 4. The summed E-state index contributed by atoms with van der Waals surface area (Å²) in [6.07, 6.45) is 3.37. The normalized spacial score (nSPS) is 12.4. The van der Waals surface area contributed by atoms with Gasteiger partial charge in [0, 0.05) is 23.8 Å². The second-order valence-corrected chi connectivity index (χ2v) is 7.18. The molecule has 0 bridgehead atoms. The number of nitrogens with one attached hydrogen (secondary N) is 4. The molecule has 0 fully saturated rings. The lowest BCUT2D eigenvalue weighted by Gasteiger charge is -2.17. The molecule has 8 heteroatoms. The third-order valence-corrected chi connectivity index (χ3v) is 4.70. The molecule has 31 heavy (non-hydrogen) atoms. The average Bonchev–Trinajstić information content (AvgIpc) is 2.77. The second-order valence-electron chi connectivity index (χ2n) is 7.18. The smallest absolute Gasteiger partial charge is 0.319 e. The Morgan fingerprint density at radius 2 is 1.32 bits per heavy atom. The Morgan fingerprint density at radius 1 is 0.774 bits per heavy atom. The van der Waals surface area contributed by atoms with E-state index < -0.39 is 0 Å². The lowest BCUT2D eigenvalue weighted by Crippen LogP contribution is -2.32. The van der Waals surface area contributed by atoms with Crippen LogP contribution < -0.4 is 21.3 Å². The number of urea groups is 2. The van der Waals surface area contributed by atoms with Gasteiger partial charge in [-0.15, -0.1) is 0 Å². The Morgan fingerprint density at radius 3 is 1.84 bits per heavy atom. The molecule has 4 amide bonds. The fourth-order valence-corrected chi connectivity index (χ4v) is 2.97. The van der Waals surface area contributed by atoms with Crippen LogP contribution in [0.25, 0.3) is 0 Å². The minimum Gasteiger partial charge on any atom is -0.330 e. The number of anilines is 2. The van der Waals surface area contributed by atoms with Crippen LogP contribution in [0.1, 0.15) is 42.9 Å². The van der Waals surface area contributed by atoms with Crippen LogP contribution in [-0.4, -0.2) is 22.0 Å². The van der Waals surface area contributed by atoms with E-state index in [0.717, 1.165) is 17.0 Å². The van der Waals surface area contributed by atoms with Crippen molar-refractivity contribution in [3.05, 3.63) is 83.9 Å². The molecule has 0 spiro atoms. The number of carbonyl (C=O) groups excluding carboxylic acids is 2. The van der Waals surface area contributed by atoms with Gasteiger partial charge in [0.2, 0.25) is 0 Å². The largest absolute Gasteiger partial charge is 0.330 e. The third kappa shape index (κ3) is 6.27. The Balaban J connectivity index is 1.59. The van der Waals surface area contributed by atoms with Gasteiger partial charge in [-0.3, -0.25) is 9.97 Å². The van der Waals surface area contributed by atoms with Crippen molar-refractivity contribution < 1.29 is 9.59 Å². The summed E-state index contributed by atoms with van der Waals surface area (Å²) in [7, 11) is 0. The van der Waals surface area contributed by atoms with Crippen molar-refractivity contribution in [2.45, 2.75) is 32.9 Å². The minimum atomic E-state index is -0.360. The van der Waals surface area contributed by atoms with Gasteiger partial charge in [0.05, 0.1) is 23.5 Å². The summed E-state index contributed by atoms with van der Waals surface area (Å²) in [5, 5.41) is 11.3. The zero-order valence-electron chi connectivity index (χ0n) is 17.7. The highest BCUT2D eigenvalue weighted by Gasteiger charge is 2.13. The van der Waals surface area contributed by atoms with Crippen LogP contribution in [0.3, 0.4) is 0 Å². The van der Waals surface area contributed by atoms with Crippen LogP contribution in [0, 0.1) is 6.92 Å². The molecule has 1 aromatic carbocycles. The summed E-state index contributed by atoms with van der Waals surface area (Å²) in [5.74, 6) is 0. The van der Waals surface area contributed by atoms with Crippen molar-refractivity contribution in [3.63, 3.8) is 0 Å². The highest BCUT2D eigenvalue weighted by molar-refractivity contribution is 5.93. The predicted octanol–water partition coefficient (Wildman–Crippen LogP) is 4.55. The highest BCUT2D eigenvalue weighted by atomic mass is 16.2. The van der Waals surface area contributed by atoms with E-state index in [4.69, 9.17) is 0 Å². The van der Waals surface area contributed by atoms with Crippen LogP contribution in [0.4, 0.5) is 21.0 Å². The van der Waals surface area contributed by atoms with Gasteiger partial charge in [-0.05, 0) is 62.7 Å². The molecule has 3 rings (SSSR count). The van der Waals surface area contributed by atoms with Gasteiger partial charge in [0.25, 0.3) is 0 Å². The SMILES string of the molecule is Cc1ccc(NC(=O)N[C@H](C)c2ccccn2)cc1NC(=O)N[C@H](C)c1ccccn1.